The van der Waals surface area contributed by atoms with Gasteiger partial charge >= 0.3 is 5.97 Å². The van der Waals surface area contributed by atoms with E-state index in [-0.39, 0.29) is 17.4 Å². The summed E-state index contributed by atoms with van der Waals surface area (Å²) in [6.45, 7) is 6.13. The predicted octanol–water partition coefficient (Wildman–Crippen LogP) is 2.55. The fraction of sp³-hybridized carbons (Fsp3) is 0.533. The molecule has 0 amide bonds. The van der Waals surface area contributed by atoms with Crippen LogP contribution in [0.1, 0.15) is 37.8 Å². The Morgan fingerprint density at radius 3 is 2.56 bits per heavy atom. The molecule has 0 bridgehead atoms. The van der Waals surface area contributed by atoms with E-state index in [2.05, 4.69) is 0 Å². The summed E-state index contributed by atoms with van der Waals surface area (Å²) in [4.78, 5) is 11.7. The third kappa shape index (κ3) is 2.91. The summed E-state index contributed by atoms with van der Waals surface area (Å²) < 4.78 is 4.81. The number of esters is 1. The zero-order chi connectivity index (χ0) is 13.8. The van der Waals surface area contributed by atoms with Gasteiger partial charge in [0, 0.05) is 11.5 Å². The Labute approximate surface area is 109 Å². The fourth-order valence-corrected chi connectivity index (χ4v) is 2.46. The van der Waals surface area contributed by atoms with Crippen LogP contribution in [-0.4, -0.2) is 19.1 Å². The Balaban J connectivity index is 3.20. The van der Waals surface area contributed by atoms with Gasteiger partial charge in [0.2, 0.25) is 0 Å². The van der Waals surface area contributed by atoms with Crippen LogP contribution < -0.4 is 5.73 Å². The summed E-state index contributed by atoms with van der Waals surface area (Å²) in [6.07, 6.45) is 1.13. The van der Waals surface area contributed by atoms with Crippen molar-refractivity contribution in [3.05, 3.63) is 35.4 Å². The minimum atomic E-state index is -0.382. The molecular formula is C15H23NO2. The highest BCUT2D eigenvalue weighted by atomic mass is 16.5. The molecule has 3 heteroatoms. The molecule has 2 unspecified atom stereocenters. The van der Waals surface area contributed by atoms with Crippen molar-refractivity contribution in [2.24, 2.45) is 5.73 Å². The molecule has 0 aliphatic heterocycles. The van der Waals surface area contributed by atoms with Gasteiger partial charge in [-0.3, -0.25) is 4.79 Å². The van der Waals surface area contributed by atoms with Crippen LogP contribution in [0.3, 0.4) is 0 Å². The zero-order valence-corrected chi connectivity index (χ0v) is 11.7. The second kappa shape index (κ2) is 6.01. The fourth-order valence-electron chi connectivity index (χ4n) is 2.46. The second-order valence-electron chi connectivity index (χ2n) is 5.00. The quantitative estimate of drug-likeness (QED) is 0.816. The topological polar surface area (TPSA) is 52.3 Å². The first-order valence-electron chi connectivity index (χ1n) is 6.34. The van der Waals surface area contributed by atoms with Crippen LogP contribution in [0.2, 0.25) is 0 Å². The maximum absolute atomic E-state index is 11.7. The maximum Gasteiger partial charge on any atom is 0.306 e. The molecule has 1 aromatic carbocycles. The lowest BCUT2D eigenvalue weighted by Gasteiger charge is -2.36. The molecule has 2 N–H and O–H groups in total. The number of aryl methyl sites for hydroxylation is 1. The standard InChI is InChI=1S/C15H23NO2/c1-5-13(16)15(3,10-14(17)18-4)12-9-7-6-8-11(12)2/h6-9,13H,5,10,16H2,1-4H3. The molecule has 1 rings (SSSR count). The molecule has 0 fully saturated rings. The Morgan fingerprint density at radius 2 is 2.06 bits per heavy atom. The molecule has 0 heterocycles. The van der Waals surface area contributed by atoms with Crippen molar-refractivity contribution in [3.8, 4) is 0 Å². The summed E-state index contributed by atoms with van der Waals surface area (Å²) in [5.41, 5.74) is 8.16. The molecule has 0 saturated carbocycles. The highest BCUT2D eigenvalue weighted by Crippen LogP contribution is 2.34. The second-order valence-corrected chi connectivity index (χ2v) is 5.00. The lowest BCUT2D eigenvalue weighted by atomic mass is 9.71. The Morgan fingerprint density at radius 1 is 1.44 bits per heavy atom. The highest BCUT2D eigenvalue weighted by Gasteiger charge is 2.36. The van der Waals surface area contributed by atoms with Gasteiger partial charge < -0.3 is 10.5 Å². The number of rotatable bonds is 5. The molecule has 0 aliphatic rings. The molecule has 0 spiro atoms. The lowest BCUT2D eigenvalue weighted by molar-refractivity contribution is -0.142. The maximum atomic E-state index is 11.7. The van der Waals surface area contributed by atoms with E-state index in [9.17, 15) is 4.79 Å². The van der Waals surface area contributed by atoms with E-state index in [4.69, 9.17) is 10.5 Å². The minimum absolute atomic E-state index is 0.0716. The van der Waals surface area contributed by atoms with Gasteiger partial charge in [0.25, 0.3) is 0 Å². The van der Waals surface area contributed by atoms with Gasteiger partial charge in [0.15, 0.2) is 0 Å². The number of hydrogen-bond acceptors (Lipinski definition) is 3. The Hall–Kier alpha value is -1.35. The van der Waals surface area contributed by atoms with Crippen molar-refractivity contribution in [1.29, 1.82) is 0 Å². The van der Waals surface area contributed by atoms with Crippen molar-refractivity contribution in [2.75, 3.05) is 7.11 Å². The van der Waals surface area contributed by atoms with Crippen molar-refractivity contribution in [1.82, 2.24) is 0 Å². The van der Waals surface area contributed by atoms with Crippen LogP contribution in [0.25, 0.3) is 0 Å². The largest absolute Gasteiger partial charge is 0.469 e. The Bertz CT molecular complexity index is 417. The monoisotopic (exact) mass is 249 g/mol. The minimum Gasteiger partial charge on any atom is -0.469 e. The SMILES string of the molecule is CCC(N)C(C)(CC(=O)OC)c1ccccc1C. The summed E-state index contributed by atoms with van der Waals surface area (Å²) in [5.74, 6) is -0.218. The van der Waals surface area contributed by atoms with Crippen molar-refractivity contribution in [3.63, 3.8) is 0 Å². The number of carbonyl (C=O) groups excluding carboxylic acids is 1. The smallest absolute Gasteiger partial charge is 0.306 e. The van der Waals surface area contributed by atoms with Gasteiger partial charge in [-0.25, -0.2) is 0 Å². The molecule has 0 saturated heterocycles. The van der Waals surface area contributed by atoms with E-state index in [1.807, 2.05) is 45.0 Å². The normalized spacial score (nSPS) is 15.8. The van der Waals surface area contributed by atoms with Gasteiger partial charge in [-0.2, -0.15) is 0 Å². The van der Waals surface area contributed by atoms with Crippen molar-refractivity contribution in [2.45, 2.75) is 45.1 Å². The van der Waals surface area contributed by atoms with Crippen LogP contribution in [0.15, 0.2) is 24.3 Å². The molecule has 1 aromatic rings. The van der Waals surface area contributed by atoms with E-state index in [0.29, 0.717) is 6.42 Å². The molecule has 0 radical (unpaired) electrons. The van der Waals surface area contributed by atoms with E-state index < -0.39 is 0 Å². The molecule has 0 aliphatic carbocycles. The number of ether oxygens (including phenoxy) is 1. The molecule has 18 heavy (non-hydrogen) atoms. The van der Waals surface area contributed by atoms with Crippen molar-refractivity contribution >= 4 is 5.97 Å². The molecule has 100 valence electrons. The molecule has 0 aromatic heterocycles. The van der Waals surface area contributed by atoms with E-state index in [1.54, 1.807) is 0 Å². The predicted molar refractivity (Wildman–Crippen MR) is 73.4 cm³/mol. The first-order valence-corrected chi connectivity index (χ1v) is 6.34. The summed E-state index contributed by atoms with van der Waals surface area (Å²) in [6, 6.07) is 8.01. The first-order chi connectivity index (χ1) is 8.45. The first kappa shape index (κ1) is 14.7. The van der Waals surface area contributed by atoms with E-state index in [0.717, 1.165) is 17.5 Å². The van der Waals surface area contributed by atoms with Crippen LogP contribution >= 0.6 is 0 Å². The molecule has 3 nitrogen and oxygen atoms in total. The van der Waals surface area contributed by atoms with E-state index >= 15 is 0 Å². The third-order valence-corrected chi connectivity index (χ3v) is 3.76. The van der Waals surface area contributed by atoms with Crippen LogP contribution in [0, 0.1) is 6.92 Å². The average molecular weight is 249 g/mol. The summed E-state index contributed by atoms with van der Waals surface area (Å²) in [7, 11) is 1.41. The van der Waals surface area contributed by atoms with Gasteiger partial charge in [-0.15, -0.1) is 0 Å². The molecular weight excluding hydrogens is 226 g/mol. The Kier molecular flexibility index (Phi) is 4.91. The summed E-state index contributed by atoms with van der Waals surface area (Å²) >= 11 is 0. The molecule has 2 atom stereocenters. The van der Waals surface area contributed by atoms with Gasteiger partial charge in [0.1, 0.15) is 0 Å². The number of carbonyl (C=O) groups is 1. The van der Waals surface area contributed by atoms with Gasteiger partial charge in [0.05, 0.1) is 13.5 Å². The number of nitrogens with two attached hydrogens (primary N) is 1. The third-order valence-electron chi connectivity index (χ3n) is 3.76. The van der Waals surface area contributed by atoms with E-state index in [1.165, 1.54) is 7.11 Å². The lowest BCUT2D eigenvalue weighted by Crippen LogP contribution is -2.45. The zero-order valence-electron chi connectivity index (χ0n) is 11.7. The average Bonchev–Trinajstić information content (AvgIpc) is 2.37. The number of hydrogen-bond donors (Lipinski definition) is 1. The van der Waals surface area contributed by atoms with Crippen LogP contribution in [0.4, 0.5) is 0 Å². The number of methoxy groups -OCH3 is 1. The van der Waals surface area contributed by atoms with Gasteiger partial charge in [-0.05, 0) is 24.5 Å². The van der Waals surface area contributed by atoms with Crippen LogP contribution in [0.5, 0.6) is 0 Å². The highest BCUT2D eigenvalue weighted by molar-refractivity contribution is 5.71. The summed E-state index contributed by atoms with van der Waals surface area (Å²) in [5, 5.41) is 0. The number of benzene rings is 1. The van der Waals surface area contributed by atoms with Crippen molar-refractivity contribution < 1.29 is 9.53 Å². The van der Waals surface area contributed by atoms with Gasteiger partial charge in [-0.1, -0.05) is 38.1 Å². The van der Waals surface area contributed by atoms with Crippen LogP contribution in [-0.2, 0) is 14.9 Å².